The van der Waals surface area contributed by atoms with Gasteiger partial charge < -0.3 is 9.67 Å². The lowest BCUT2D eigenvalue weighted by atomic mass is 9.98. The van der Waals surface area contributed by atoms with Gasteiger partial charge >= 0.3 is 5.97 Å². The monoisotopic (exact) mass is 308 g/mol. The summed E-state index contributed by atoms with van der Waals surface area (Å²) in [6.45, 7) is 4.28. The molecule has 0 amide bonds. The third-order valence-corrected chi connectivity index (χ3v) is 4.99. The molecule has 2 aromatic rings. The van der Waals surface area contributed by atoms with Gasteiger partial charge in [-0.15, -0.1) is 0 Å². The highest BCUT2D eigenvalue weighted by Crippen LogP contribution is 2.46. The van der Waals surface area contributed by atoms with Crippen LogP contribution in [0.5, 0.6) is 0 Å². The Balaban J connectivity index is 2.12. The standard InChI is InChI=1S/C15H17FN2O2S/c1-15(2,9-3-4-9)18-12-6-5-10(16)7-11(12)17-14(18)21-8-13(19)20/h5-7,9H,3-4,8H2,1-2H3,(H,19,20). The minimum absolute atomic E-state index is 0.0491. The normalized spacial score (nSPS) is 15.6. The number of aliphatic carboxylic acids is 1. The molecular formula is C15H17FN2O2S. The van der Waals surface area contributed by atoms with Crippen molar-refractivity contribution in [3.05, 3.63) is 24.0 Å². The van der Waals surface area contributed by atoms with Gasteiger partial charge in [-0.3, -0.25) is 4.79 Å². The van der Waals surface area contributed by atoms with Gasteiger partial charge in [-0.2, -0.15) is 0 Å². The van der Waals surface area contributed by atoms with E-state index in [4.69, 9.17) is 5.11 Å². The largest absolute Gasteiger partial charge is 0.481 e. The molecule has 0 aliphatic heterocycles. The van der Waals surface area contributed by atoms with Crippen LogP contribution in [0.4, 0.5) is 4.39 Å². The Labute approximate surface area is 126 Å². The first kappa shape index (κ1) is 14.4. The van der Waals surface area contributed by atoms with Crippen LogP contribution in [0.2, 0.25) is 0 Å². The van der Waals surface area contributed by atoms with Crippen molar-refractivity contribution in [2.75, 3.05) is 5.75 Å². The highest BCUT2D eigenvalue weighted by atomic mass is 32.2. The van der Waals surface area contributed by atoms with E-state index in [0.29, 0.717) is 16.6 Å². The molecule has 0 spiro atoms. The highest BCUT2D eigenvalue weighted by molar-refractivity contribution is 7.99. The second-order valence-corrected chi connectivity index (χ2v) is 6.92. The summed E-state index contributed by atoms with van der Waals surface area (Å²) in [4.78, 5) is 15.3. The molecule has 6 heteroatoms. The van der Waals surface area contributed by atoms with Crippen molar-refractivity contribution in [3.63, 3.8) is 0 Å². The molecule has 21 heavy (non-hydrogen) atoms. The van der Waals surface area contributed by atoms with E-state index in [9.17, 15) is 9.18 Å². The summed E-state index contributed by atoms with van der Waals surface area (Å²) < 4.78 is 15.5. The van der Waals surface area contributed by atoms with Crippen molar-refractivity contribution in [3.8, 4) is 0 Å². The van der Waals surface area contributed by atoms with Gasteiger partial charge in [-0.05, 0) is 44.7 Å². The van der Waals surface area contributed by atoms with Gasteiger partial charge in [0.15, 0.2) is 5.16 Å². The minimum atomic E-state index is -0.881. The maximum absolute atomic E-state index is 13.4. The molecule has 1 aromatic carbocycles. The number of fused-ring (bicyclic) bond motifs is 1. The lowest BCUT2D eigenvalue weighted by molar-refractivity contribution is -0.133. The van der Waals surface area contributed by atoms with Crippen molar-refractivity contribution in [1.29, 1.82) is 0 Å². The SMILES string of the molecule is CC(C)(C1CC1)n1c(SCC(=O)O)nc2cc(F)ccc21. The van der Waals surface area contributed by atoms with Gasteiger partial charge in [0.25, 0.3) is 0 Å². The van der Waals surface area contributed by atoms with Gasteiger partial charge in [0.2, 0.25) is 0 Å². The number of benzene rings is 1. The molecule has 112 valence electrons. The summed E-state index contributed by atoms with van der Waals surface area (Å²) in [5.41, 5.74) is 1.30. The lowest BCUT2D eigenvalue weighted by Gasteiger charge is -2.29. The Hall–Kier alpha value is -1.56. The van der Waals surface area contributed by atoms with Crippen molar-refractivity contribution in [1.82, 2.24) is 9.55 Å². The summed E-state index contributed by atoms with van der Waals surface area (Å²) in [6, 6.07) is 4.56. The molecule has 3 rings (SSSR count). The Kier molecular flexibility index (Phi) is 3.43. The van der Waals surface area contributed by atoms with Crippen molar-refractivity contribution in [2.24, 2.45) is 5.92 Å². The molecule has 1 saturated carbocycles. The molecule has 1 N–H and O–H groups in total. The Morgan fingerprint density at radius 3 is 2.86 bits per heavy atom. The first-order valence-electron chi connectivity index (χ1n) is 6.92. The van der Waals surface area contributed by atoms with Crippen LogP contribution in [0.3, 0.4) is 0 Å². The lowest BCUT2D eigenvalue weighted by Crippen LogP contribution is -2.29. The molecule has 4 nitrogen and oxygen atoms in total. The Morgan fingerprint density at radius 1 is 1.52 bits per heavy atom. The summed E-state index contributed by atoms with van der Waals surface area (Å²) in [6.07, 6.45) is 2.33. The van der Waals surface area contributed by atoms with E-state index < -0.39 is 5.97 Å². The third kappa shape index (κ3) is 2.64. The number of carbonyl (C=O) groups is 1. The van der Waals surface area contributed by atoms with Crippen LogP contribution in [0, 0.1) is 11.7 Å². The van der Waals surface area contributed by atoms with Crippen molar-refractivity contribution >= 4 is 28.8 Å². The first-order valence-corrected chi connectivity index (χ1v) is 7.91. The summed E-state index contributed by atoms with van der Waals surface area (Å²) >= 11 is 1.19. The molecule has 0 atom stereocenters. The van der Waals surface area contributed by atoms with Crippen LogP contribution in [0.1, 0.15) is 26.7 Å². The molecule has 0 radical (unpaired) electrons. The summed E-state index contributed by atoms with van der Waals surface area (Å²) in [5.74, 6) is -0.698. The van der Waals surface area contributed by atoms with Gasteiger partial charge in [0, 0.05) is 11.6 Å². The fourth-order valence-corrected chi connectivity index (χ4v) is 3.66. The van der Waals surface area contributed by atoms with E-state index in [-0.39, 0.29) is 17.1 Å². The van der Waals surface area contributed by atoms with E-state index in [1.54, 1.807) is 6.07 Å². The predicted octanol–water partition coefficient (Wildman–Crippen LogP) is 3.50. The van der Waals surface area contributed by atoms with Crippen LogP contribution in [0.15, 0.2) is 23.4 Å². The minimum Gasteiger partial charge on any atom is -0.481 e. The Morgan fingerprint density at radius 2 is 2.24 bits per heavy atom. The van der Waals surface area contributed by atoms with E-state index in [2.05, 4.69) is 23.4 Å². The smallest absolute Gasteiger partial charge is 0.313 e. The van der Waals surface area contributed by atoms with Crippen LogP contribution in [-0.4, -0.2) is 26.4 Å². The van der Waals surface area contributed by atoms with Gasteiger partial charge in [0.05, 0.1) is 16.8 Å². The number of rotatable bonds is 5. The zero-order valence-electron chi connectivity index (χ0n) is 12.0. The molecule has 1 aliphatic rings. The number of imidazole rings is 1. The number of carboxylic acid groups (broad SMARTS) is 1. The summed E-state index contributed by atoms with van der Waals surface area (Å²) in [5, 5.41) is 9.54. The number of hydrogen-bond acceptors (Lipinski definition) is 3. The predicted molar refractivity (Wildman–Crippen MR) is 80.1 cm³/mol. The maximum atomic E-state index is 13.4. The van der Waals surface area contributed by atoms with Crippen LogP contribution in [0.25, 0.3) is 11.0 Å². The third-order valence-electron chi connectivity index (χ3n) is 4.06. The van der Waals surface area contributed by atoms with Gasteiger partial charge in [-0.25, -0.2) is 9.37 Å². The van der Waals surface area contributed by atoms with E-state index in [1.165, 1.54) is 23.9 Å². The van der Waals surface area contributed by atoms with E-state index in [0.717, 1.165) is 18.4 Å². The first-order chi connectivity index (χ1) is 9.89. The molecular weight excluding hydrogens is 291 g/mol. The molecule has 1 heterocycles. The van der Waals surface area contributed by atoms with E-state index in [1.807, 2.05) is 0 Å². The van der Waals surface area contributed by atoms with Crippen molar-refractivity contribution in [2.45, 2.75) is 37.4 Å². The Bertz CT molecular complexity index is 707. The second-order valence-electron chi connectivity index (χ2n) is 5.97. The molecule has 0 bridgehead atoms. The van der Waals surface area contributed by atoms with Crippen LogP contribution < -0.4 is 0 Å². The molecule has 0 unspecified atom stereocenters. The fraction of sp³-hybridized carbons (Fsp3) is 0.467. The average molecular weight is 308 g/mol. The molecule has 1 aromatic heterocycles. The summed E-state index contributed by atoms with van der Waals surface area (Å²) in [7, 11) is 0. The topological polar surface area (TPSA) is 55.1 Å². The number of nitrogens with zero attached hydrogens (tertiary/aromatic N) is 2. The molecule has 1 fully saturated rings. The van der Waals surface area contributed by atoms with E-state index >= 15 is 0 Å². The number of halogens is 1. The van der Waals surface area contributed by atoms with Gasteiger partial charge in [0.1, 0.15) is 5.82 Å². The maximum Gasteiger partial charge on any atom is 0.313 e. The molecule has 1 aliphatic carbocycles. The van der Waals surface area contributed by atoms with Gasteiger partial charge in [-0.1, -0.05) is 11.8 Å². The average Bonchev–Trinajstić information content (AvgIpc) is 3.18. The zero-order chi connectivity index (χ0) is 15.2. The van der Waals surface area contributed by atoms with Crippen LogP contribution in [-0.2, 0) is 10.3 Å². The number of thioether (sulfide) groups is 1. The van der Waals surface area contributed by atoms with Crippen molar-refractivity contribution < 1.29 is 14.3 Å². The number of aromatic nitrogens is 2. The number of carboxylic acids is 1. The molecule has 0 saturated heterocycles. The van der Waals surface area contributed by atoms with Crippen LogP contribution >= 0.6 is 11.8 Å². The highest BCUT2D eigenvalue weighted by Gasteiger charge is 2.41. The quantitative estimate of drug-likeness (QED) is 0.859. The zero-order valence-corrected chi connectivity index (χ0v) is 12.8. The number of hydrogen-bond donors (Lipinski definition) is 1. The second kappa shape index (κ2) is 5.02. The fourth-order valence-electron chi connectivity index (χ4n) is 2.78.